The van der Waals surface area contributed by atoms with E-state index in [1.54, 1.807) is 17.6 Å². The number of rotatable bonds is 1. The lowest BCUT2D eigenvalue weighted by atomic mass is 10.1. The highest BCUT2D eigenvalue weighted by atomic mass is 32.1. The molecule has 4 heterocycles. The molecule has 1 N–H and O–H groups in total. The summed E-state index contributed by atoms with van der Waals surface area (Å²) in [5.74, 6) is 0. The standard InChI is InChI=1S/C21H17N5OS/c1-24-6-8-25(9-7-24)16-5-4-14-18-20(16)28-26(18)21-17(19(14)27)13-3-2-12(11-22)10-15(13)23-21/h2-5,10,23H,6-9H2,1H3. The molecule has 1 saturated heterocycles. The molecule has 138 valence electrons. The van der Waals surface area contributed by atoms with E-state index in [2.05, 4.69) is 37.8 Å². The molecule has 1 fully saturated rings. The lowest BCUT2D eigenvalue weighted by Crippen LogP contribution is -2.44. The van der Waals surface area contributed by atoms with E-state index >= 15 is 0 Å². The van der Waals surface area contributed by atoms with Crippen LogP contribution in [0.15, 0.2) is 35.1 Å². The van der Waals surface area contributed by atoms with Gasteiger partial charge in [-0.05, 0) is 42.8 Å². The van der Waals surface area contributed by atoms with Crippen LogP contribution in [0.3, 0.4) is 0 Å². The van der Waals surface area contributed by atoms with Crippen molar-refractivity contribution in [3.05, 3.63) is 46.1 Å². The minimum absolute atomic E-state index is 0.0590. The second-order valence-corrected chi connectivity index (χ2v) is 8.49. The van der Waals surface area contributed by atoms with Gasteiger partial charge >= 0.3 is 0 Å². The highest BCUT2D eigenvalue weighted by Gasteiger charge is 2.24. The molecule has 6 nitrogen and oxygen atoms in total. The molecule has 0 atom stereocenters. The Bertz CT molecular complexity index is 1480. The first-order valence-electron chi connectivity index (χ1n) is 9.35. The molecule has 0 radical (unpaired) electrons. The number of hydrogen-bond donors (Lipinski definition) is 1. The monoisotopic (exact) mass is 387 g/mol. The van der Waals surface area contributed by atoms with Gasteiger partial charge in [-0.25, -0.2) is 3.79 Å². The Balaban J connectivity index is 1.63. The zero-order valence-corrected chi connectivity index (χ0v) is 16.1. The van der Waals surface area contributed by atoms with Gasteiger partial charge < -0.3 is 14.8 Å². The Labute approximate surface area is 164 Å². The number of piperazine rings is 1. The Morgan fingerprint density at radius 3 is 2.68 bits per heavy atom. The van der Waals surface area contributed by atoms with Crippen LogP contribution >= 0.6 is 11.5 Å². The number of nitriles is 1. The number of H-pyrrole nitrogens is 1. The summed E-state index contributed by atoms with van der Waals surface area (Å²) in [6.45, 7) is 4.12. The predicted molar refractivity (Wildman–Crippen MR) is 114 cm³/mol. The van der Waals surface area contributed by atoms with Crippen molar-refractivity contribution in [2.24, 2.45) is 0 Å². The molecule has 0 unspecified atom stereocenters. The first-order chi connectivity index (χ1) is 13.7. The quantitative estimate of drug-likeness (QED) is 0.480. The van der Waals surface area contributed by atoms with Crippen LogP contribution in [-0.4, -0.2) is 46.9 Å². The largest absolute Gasteiger partial charge is 0.368 e. The van der Waals surface area contributed by atoms with Gasteiger partial charge in [0.05, 0.1) is 32.9 Å². The van der Waals surface area contributed by atoms with Gasteiger partial charge in [0.1, 0.15) is 5.65 Å². The summed E-state index contributed by atoms with van der Waals surface area (Å²) in [6, 6.07) is 11.7. The molecule has 0 aliphatic carbocycles. The normalized spacial score (nSPS) is 16.1. The number of likely N-dealkylation sites (N-methyl/N-ethyl adjacent to an activating group) is 1. The van der Waals surface area contributed by atoms with Crippen LogP contribution in [0.5, 0.6) is 0 Å². The molecule has 3 aromatic heterocycles. The van der Waals surface area contributed by atoms with Crippen LogP contribution in [0.1, 0.15) is 5.56 Å². The molecule has 28 heavy (non-hydrogen) atoms. The van der Waals surface area contributed by atoms with E-state index in [1.807, 2.05) is 18.2 Å². The maximum atomic E-state index is 13.3. The molecule has 0 spiro atoms. The number of nitrogens with zero attached hydrogens (tertiary/aromatic N) is 4. The zero-order valence-electron chi connectivity index (χ0n) is 15.3. The molecule has 0 saturated carbocycles. The second kappa shape index (κ2) is 5.47. The summed E-state index contributed by atoms with van der Waals surface area (Å²) in [5.41, 5.74) is 4.56. The molecule has 0 amide bonds. The fraction of sp³-hybridized carbons (Fsp3) is 0.238. The van der Waals surface area contributed by atoms with Gasteiger partial charge in [0.25, 0.3) is 0 Å². The highest BCUT2D eigenvalue weighted by Crippen LogP contribution is 2.40. The van der Waals surface area contributed by atoms with Crippen molar-refractivity contribution in [1.29, 1.82) is 5.26 Å². The Kier molecular flexibility index (Phi) is 3.11. The van der Waals surface area contributed by atoms with Crippen molar-refractivity contribution in [2.75, 3.05) is 38.1 Å². The van der Waals surface area contributed by atoms with Crippen molar-refractivity contribution in [3.63, 3.8) is 0 Å². The molecule has 2 aromatic carbocycles. The molecule has 1 aliphatic heterocycles. The smallest absolute Gasteiger partial charge is 0.199 e. The van der Waals surface area contributed by atoms with E-state index in [-0.39, 0.29) is 5.43 Å². The number of aromatic nitrogens is 2. The number of benzene rings is 2. The van der Waals surface area contributed by atoms with E-state index in [1.165, 1.54) is 10.4 Å². The average Bonchev–Trinajstić information content (AvgIpc) is 3.06. The maximum Gasteiger partial charge on any atom is 0.199 e. The topological polar surface area (TPSA) is 67.5 Å². The minimum Gasteiger partial charge on any atom is -0.368 e. The van der Waals surface area contributed by atoms with Gasteiger partial charge in [-0.1, -0.05) is 6.07 Å². The minimum atomic E-state index is 0.0590. The third-order valence-electron chi connectivity index (χ3n) is 5.92. The van der Waals surface area contributed by atoms with Crippen molar-refractivity contribution >= 4 is 54.8 Å². The number of hydrogen-bond acceptors (Lipinski definition) is 5. The average molecular weight is 387 g/mol. The van der Waals surface area contributed by atoms with E-state index in [0.717, 1.165) is 53.6 Å². The third kappa shape index (κ3) is 1.96. The van der Waals surface area contributed by atoms with E-state index in [0.29, 0.717) is 10.9 Å². The molecular formula is C21H17N5OS. The van der Waals surface area contributed by atoms with E-state index in [4.69, 9.17) is 0 Å². The molecule has 1 aliphatic rings. The summed E-state index contributed by atoms with van der Waals surface area (Å²) in [7, 11) is 2.15. The van der Waals surface area contributed by atoms with Gasteiger partial charge in [0.15, 0.2) is 5.43 Å². The van der Waals surface area contributed by atoms with Gasteiger partial charge in [0.2, 0.25) is 0 Å². The fourth-order valence-electron chi connectivity index (χ4n) is 4.36. The summed E-state index contributed by atoms with van der Waals surface area (Å²) in [5, 5.41) is 11.5. The molecule has 7 heteroatoms. The van der Waals surface area contributed by atoms with Crippen LogP contribution in [0.25, 0.3) is 37.5 Å². The lowest BCUT2D eigenvalue weighted by molar-refractivity contribution is 0.313. The van der Waals surface area contributed by atoms with Gasteiger partial charge in [-0.3, -0.25) is 4.79 Å². The molecule has 5 aromatic rings. The first-order valence-corrected chi connectivity index (χ1v) is 10.1. The van der Waals surface area contributed by atoms with Crippen LogP contribution < -0.4 is 10.3 Å². The number of pyridine rings is 1. The summed E-state index contributed by atoms with van der Waals surface area (Å²) in [6.07, 6.45) is 0. The Hall–Kier alpha value is -3.08. The number of fused-ring (bicyclic) bond motifs is 4. The van der Waals surface area contributed by atoms with Crippen LogP contribution in [0.4, 0.5) is 5.69 Å². The zero-order chi connectivity index (χ0) is 19.0. The van der Waals surface area contributed by atoms with Crippen LogP contribution in [0, 0.1) is 11.3 Å². The van der Waals surface area contributed by atoms with Crippen molar-refractivity contribution in [3.8, 4) is 6.07 Å². The molecule has 0 bridgehead atoms. The summed E-state index contributed by atoms with van der Waals surface area (Å²) < 4.78 is 3.32. The number of anilines is 1. The van der Waals surface area contributed by atoms with Crippen LogP contribution in [-0.2, 0) is 0 Å². The predicted octanol–water partition coefficient (Wildman–Crippen LogP) is 3.21. The van der Waals surface area contributed by atoms with E-state index < -0.39 is 0 Å². The SMILES string of the molecule is CN1CCN(c2ccc3c(=O)c4c5ccc(C#N)cc5[nH]c4n4sc2c34)CC1. The Morgan fingerprint density at radius 2 is 1.89 bits per heavy atom. The first kappa shape index (κ1) is 15.9. The molecule has 6 rings (SSSR count). The van der Waals surface area contributed by atoms with Crippen molar-refractivity contribution < 1.29 is 0 Å². The fourth-order valence-corrected chi connectivity index (χ4v) is 5.49. The lowest BCUT2D eigenvalue weighted by Gasteiger charge is -2.35. The van der Waals surface area contributed by atoms with E-state index in [9.17, 15) is 10.1 Å². The number of aromatic amines is 1. The van der Waals surface area contributed by atoms with Crippen molar-refractivity contribution in [1.82, 2.24) is 13.7 Å². The second-order valence-electron chi connectivity index (χ2n) is 7.54. The summed E-state index contributed by atoms with van der Waals surface area (Å²) >= 11 is 1.69. The van der Waals surface area contributed by atoms with Gasteiger partial charge in [0, 0.05) is 42.5 Å². The third-order valence-corrected chi connectivity index (χ3v) is 7.06. The van der Waals surface area contributed by atoms with Crippen LogP contribution in [0.2, 0.25) is 0 Å². The highest BCUT2D eigenvalue weighted by molar-refractivity contribution is 7.17. The van der Waals surface area contributed by atoms with Gasteiger partial charge in [-0.2, -0.15) is 5.26 Å². The molecular weight excluding hydrogens is 370 g/mol. The van der Waals surface area contributed by atoms with Gasteiger partial charge in [-0.15, -0.1) is 0 Å². The van der Waals surface area contributed by atoms with Crippen molar-refractivity contribution in [2.45, 2.75) is 0 Å². The maximum absolute atomic E-state index is 13.3. The number of nitrogens with one attached hydrogen (secondary N) is 1. The summed E-state index contributed by atoms with van der Waals surface area (Å²) in [4.78, 5) is 21.4. The Morgan fingerprint density at radius 1 is 1.11 bits per heavy atom.